The quantitative estimate of drug-likeness (QED) is 0.848. The van der Waals surface area contributed by atoms with Crippen molar-refractivity contribution in [2.24, 2.45) is 5.92 Å². The van der Waals surface area contributed by atoms with Crippen molar-refractivity contribution in [1.82, 2.24) is 5.32 Å². The van der Waals surface area contributed by atoms with E-state index in [0.717, 1.165) is 39.2 Å². The third kappa shape index (κ3) is 3.30. The van der Waals surface area contributed by atoms with Gasteiger partial charge in [-0.25, -0.2) is 0 Å². The van der Waals surface area contributed by atoms with Gasteiger partial charge in [-0.3, -0.25) is 0 Å². The molecule has 2 saturated heterocycles. The van der Waals surface area contributed by atoms with Gasteiger partial charge in [-0.2, -0.15) is 0 Å². The van der Waals surface area contributed by atoms with E-state index in [1.165, 1.54) is 25.7 Å². The van der Waals surface area contributed by atoms with E-state index in [0.29, 0.717) is 12.0 Å². The van der Waals surface area contributed by atoms with Crippen molar-refractivity contribution in [3.63, 3.8) is 0 Å². The summed E-state index contributed by atoms with van der Waals surface area (Å²) in [5, 5.41) is 3.60. The Hall–Kier alpha value is -0.160. The van der Waals surface area contributed by atoms with Crippen molar-refractivity contribution in [2.45, 2.75) is 63.4 Å². The lowest BCUT2D eigenvalue weighted by molar-refractivity contribution is -0.186. The van der Waals surface area contributed by atoms with E-state index < -0.39 is 0 Å². The Bertz CT molecular complexity index is 285. The second-order valence-electron chi connectivity index (χ2n) is 6.34. The Morgan fingerprint density at radius 2 is 2.05 bits per heavy atom. The third-order valence-electron chi connectivity index (χ3n) is 4.87. The van der Waals surface area contributed by atoms with Crippen LogP contribution in [-0.4, -0.2) is 44.3 Å². The molecule has 1 saturated carbocycles. The molecule has 0 aromatic rings. The van der Waals surface area contributed by atoms with Gasteiger partial charge in [-0.15, -0.1) is 0 Å². The van der Waals surface area contributed by atoms with Crippen molar-refractivity contribution < 1.29 is 14.2 Å². The summed E-state index contributed by atoms with van der Waals surface area (Å²) in [6, 6.07) is 0.508. The molecule has 0 amide bonds. The Kier molecular flexibility index (Phi) is 4.42. The lowest BCUT2D eigenvalue weighted by Crippen LogP contribution is -2.40. The molecule has 0 aromatic carbocycles. The molecule has 1 spiro atoms. The average molecular weight is 269 g/mol. The number of hydrogen-bond acceptors (Lipinski definition) is 4. The van der Waals surface area contributed by atoms with E-state index in [1.54, 1.807) is 0 Å². The molecular formula is C15H27NO3. The standard InChI is InChI=1S/C15H27NO3/c1-12(13-5-8-17-10-13)16-9-14-11-18-15(19-14)6-3-2-4-7-15/h12-14,16H,2-11H2,1H3. The predicted molar refractivity (Wildman–Crippen MR) is 73.0 cm³/mol. The van der Waals surface area contributed by atoms with Crippen LogP contribution in [0.3, 0.4) is 0 Å². The van der Waals surface area contributed by atoms with E-state index in [9.17, 15) is 0 Å². The van der Waals surface area contributed by atoms with Crippen LogP contribution in [0.4, 0.5) is 0 Å². The molecule has 3 unspecified atom stereocenters. The van der Waals surface area contributed by atoms with Gasteiger partial charge in [0.2, 0.25) is 0 Å². The fourth-order valence-electron chi connectivity index (χ4n) is 3.50. The fraction of sp³-hybridized carbons (Fsp3) is 1.00. The van der Waals surface area contributed by atoms with Crippen LogP contribution < -0.4 is 5.32 Å². The minimum atomic E-state index is -0.232. The van der Waals surface area contributed by atoms with E-state index >= 15 is 0 Å². The molecule has 19 heavy (non-hydrogen) atoms. The largest absolute Gasteiger partial charge is 0.381 e. The van der Waals surface area contributed by atoms with Gasteiger partial charge < -0.3 is 19.5 Å². The summed E-state index contributed by atoms with van der Waals surface area (Å²) in [6.07, 6.45) is 7.38. The van der Waals surface area contributed by atoms with Crippen molar-refractivity contribution in [3.05, 3.63) is 0 Å². The maximum Gasteiger partial charge on any atom is 0.168 e. The fourth-order valence-corrected chi connectivity index (χ4v) is 3.50. The summed E-state index contributed by atoms with van der Waals surface area (Å²) in [6.45, 7) is 5.73. The van der Waals surface area contributed by atoms with Crippen molar-refractivity contribution >= 4 is 0 Å². The summed E-state index contributed by atoms with van der Waals surface area (Å²) in [7, 11) is 0. The monoisotopic (exact) mass is 269 g/mol. The van der Waals surface area contributed by atoms with E-state index in [1.807, 2.05) is 0 Å². The molecule has 4 heteroatoms. The number of nitrogens with one attached hydrogen (secondary N) is 1. The minimum Gasteiger partial charge on any atom is -0.381 e. The first kappa shape index (κ1) is 13.8. The minimum absolute atomic E-state index is 0.225. The smallest absolute Gasteiger partial charge is 0.168 e. The molecule has 1 N–H and O–H groups in total. The van der Waals surface area contributed by atoms with E-state index in [2.05, 4.69) is 12.2 Å². The first-order valence-electron chi connectivity index (χ1n) is 7.90. The van der Waals surface area contributed by atoms with E-state index in [-0.39, 0.29) is 11.9 Å². The van der Waals surface area contributed by atoms with Gasteiger partial charge in [0.15, 0.2) is 5.79 Å². The zero-order valence-corrected chi connectivity index (χ0v) is 12.0. The molecule has 110 valence electrons. The van der Waals surface area contributed by atoms with Crippen LogP contribution in [0.15, 0.2) is 0 Å². The molecule has 2 aliphatic heterocycles. The topological polar surface area (TPSA) is 39.7 Å². The second-order valence-corrected chi connectivity index (χ2v) is 6.34. The lowest BCUT2D eigenvalue weighted by atomic mass is 9.94. The Morgan fingerprint density at radius 3 is 2.79 bits per heavy atom. The molecule has 2 heterocycles. The highest BCUT2D eigenvalue weighted by atomic mass is 16.7. The third-order valence-corrected chi connectivity index (χ3v) is 4.87. The van der Waals surface area contributed by atoms with Crippen LogP contribution in [0.5, 0.6) is 0 Å². The van der Waals surface area contributed by atoms with Gasteiger partial charge in [-0.05, 0) is 32.1 Å². The summed E-state index contributed by atoms with van der Waals surface area (Å²) in [5.74, 6) is 0.426. The van der Waals surface area contributed by atoms with Gasteiger partial charge in [0, 0.05) is 32.0 Å². The summed E-state index contributed by atoms with van der Waals surface area (Å²) in [4.78, 5) is 0. The van der Waals surface area contributed by atoms with Gasteiger partial charge in [-0.1, -0.05) is 6.42 Å². The van der Waals surface area contributed by atoms with Crippen molar-refractivity contribution in [3.8, 4) is 0 Å². The maximum absolute atomic E-state index is 6.19. The van der Waals surface area contributed by atoms with Crippen LogP contribution in [0, 0.1) is 5.92 Å². The highest BCUT2D eigenvalue weighted by Gasteiger charge is 2.42. The Morgan fingerprint density at radius 1 is 1.21 bits per heavy atom. The molecule has 0 radical (unpaired) electrons. The zero-order chi connectivity index (χ0) is 13.1. The van der Waals surface area contributed by atoms with Crippen molar-refractivity contribution in [2.75, 3.05) is 26.4 Å². The Labute approximate surface area is 116 Å². The molecule has 3 rings (SSSR count). The SMILES string of the molecule is CC(NCC1COC2(CCCCC2)O1)C1CCOC1. The average Bonchev–Trinajstić information content (AvgIpc) is 3.08. The van der Waals surface area contributed by atoms with Gasteiger partial charge in [0.25, 0.3) is 0 Å². The van der Waals surface area contributed by atoms with Crippen LogP contribution in [0.1, 0.15) is 45.4 Å². The van der Waals surface area contributed by atoms with Gasteiger partial charge >= 0.3 is 0 Å². The van der Waals surface area contributed by atoms with Crippen LogP contribution in [0.25, 0.3) is 0 Å². The first-order valence-corrected chi connectivity index (χ1v) is 7.90. The number of ether oxygens (including phenoxy) is 3. The van der Waals surface area contributed by atoms with Gasteiger partial charge in [0.05, 0.1) is 19.3 Å². The molecule has 3 fully saturated rings. The van der Waals surface area contributed by atoms with Crippen LogP contribution in [-0.2, 0) is 14.2 Å². The van der Waals surface area contributed by atoms with Crippen LogP contribution in [0.2, 0.25) is 0 Å². The van der Waals surface area contributed by atoms with Gasteiger partial charge in [0.1, 0.15) is 0 Å². The molecule has 0 bridgehead atoms. The lowest BCUT2D eigenvalue weighted by Gasteiger charge is -2.32. The summed E-state index contributed by atoms with van der Waals surface area (Å²) >= 11 is 0. The molecule has 3 atom stereocenters. The number of hydrogen-bond donors (Lipinski definition) is 1. The molecule has 4 nitrogen and oxygen atoms in total. The molecular weight excluding hydrogens is 242 g/mol. The number of rotatable bonds is 4. The Balaban J connectivity index is 1.41. The van der Waals surface area contributed by atoms with Crippen molar-refractivity contribution in [1.29, 1.82) is 0 Å². The molecule has 3 aliphatic rings. The first-order chi connectivity index (χ1) is 9.27. The zero-order valence-electron chi connectivity index (χ0n) is 12.0. The highest BCUT2D eigenvalue weighted by Crippen LogP contribution is 2.37. The predicted octanol–water partition coefficient (Wildman–Crippen LogP) is 2.08. The summed E-state index contributed by atoms with van der Waals surface area (Å²) in [5.41, 5.74) is 0. The van der Waals surface area contributed by atoms with E-state index in [4.69, 9.17) is 14.2 Å². The molecule has 0 aromatic heterocycles. The highest BCUT2D eigenvalue weighted by molar-refractivity contribution is 4.84. The summed E-state index contributed by atoms with van der Waals surface area (Å²) < 4.78 is 17.6. The second kappa shape index (κ2) is 6.08. The normalized spacial score (nSPS) is 35.8. The van der Waals surface area contributed by atoms with Crippen LogP contribution >= 0.6 is 0 Å². The molecule has 1 aliphatic carbocycles. The maximum atomic E-state index is 6.19.